The summed E-state index contributed by atoms with van der Waals surface area (Å²) >= 11 is 3.40. The molecule has 0 spiro atoms. The third-order valence-electron chi connectivity index (χ3n) is 4.21. The maximum absolute atomic E-state index is 12.3. The van der Waals surface area contributed by atoms with Crippen LogP contribution >= 0.6 is 15.9 Å². The highest BCUT2D eigenvalue weighted by Gasteiger charge is 2.27. The second-order valence-corrected chi connectivity index (χ2v) is 6.57. The van der Waals surface area contributed by atoms with Crippen LogP contribution in [0.1, 0.15) is 29.6 Å². The van der Waals surface area contributed by atoms with E-state index in [-0.39, 0.29) is 11.9 Å². The molecule has 116 valence electrons. The van der Waals surface area contributed by atoms with E-state index in [2.05, 4.69) is 26.3 Å². The normalized spacial score (nSPS) is 21.0. The molecule has 6 heteroatoms. The molecule has 1 saturated carbocycles. The molecule has 1 fully saturated rings. The molecule has 2 aromatic rings. The van der Waals surface area contributed by atoms with Gasteiger partial charge in [-0.25, -0.2) is 4.68 Å². The van der Waals surface area contributed by atoms with Gasteiger partial charge >= 0.3 is 0 Å². The highest BCUT2D eigenvalue weighted by Crippen LogP contribution is 2.25. The summed E-state index contributed by atoms with van der Waals surface area (Å²) in [6.07, 6.45) is 6.59. The van der Waals surface area contributed by atoms with Crippen LogP contribution in [0.4, 0.5) is 0 Å². The lowest BCUT2D eigenvalue weighted by Gasteiger charge is -2.18. The number of hydrogen-bond donors (Lipinski definition) is 2. The Balaban J connectivity index is 1.70. The van der Waals surface area contributed by atoms with Crippen LogP contribution in [0.25, 0.3) is 5.69 Å². The maximum Gasteiger partial charge on any atom is 0.254 e. The molecule has 1 aromatic carbocycles. The quantitative estimate of drug-likeness (QED) is 0.877. The predicted octanol–water partition coefficient (Wildman–Crippen LogP) is 2.49. The summed E-state index contributed by atoms with van der Waals surface area (Å²) in [5, 5.41) is 7.36. The molecule has 0 saturated heterocycles. The Morgan fingerprint density at radius 1 is 1.36 bits per heavy atom. The van der Waals surface area contributed by atoms with Crippen molar-refractivity contribution >= 4 is 21.8 Å². The van der Waals surface area contributed by atoms with Gasteiger partial charge in [0, 0.05) is 16.7 Å². The molecule has 1 aromatic heterocycles. The number of carbonyl (C=O) groups is 1. The average Bonchev–Trinajstić information content (AvgIpc) is 3.16. The van der Waals surface area contributed by atoms with Crippen LogP contribution in [0.5, 0.6) is 0 Å². The number of carbonyl (C=O) groups excluding carboxylic acids is 1. The van der Waals surface area contributed by atoms with Gasteiger partial charge in [0.25, 0.3) is 5.91 Å². The molecule has 1 amide bonds. The minimum atomic E-state index is -0.0753. The van der Waals surface area contributed by atoms with Gasteiger partial charge in [-0.05, 0) is 49.6 Å². The van der Waals surface area contributed by atoms with Gasteiger partial charge in [0.05, 0.1) is 17.4 Å². The Morgan fingerprint density at radius 2 is 2.14 bits per heavy atom. The van der Waals surface area contributed by atoms with Crippen LogP contribution in [0.3, 0.4) is 0 Å². The number of halogens is 1. The largest absolute Gasteiger partial charge is 0.349 e. The van der Waals surface area contributed by atoms with Crippen LogP contribution < -0.4 is 11.1 Å². The highest BCUT2D eigenvalue weighted by molar-refractivity contribution is 9.10. The summed E-state index contributed by atoms with van der Waals surface area (Å²) in [5.74, 6) is 0.319. The predicted molar refractivity (Wildman–Crippen MR) is 88.9 cm³/mol. The van der Waals surface area contributed by atoms with Crippen molar-refractivity contribution < 1.29 is 4.79 Å². The summed E-state index contributed by atoms with van der Waals surface area (Å²) in [4.78, 5) is 12.3. The monoisotopic (exact) mass is 362 g/mol. The zero-order valence-corrected chi connectivity index (χ0v) is 13.8. The Labute approximate surface area is 138 Å². The third-order valence-corrected chi connectivity index (χ3v) is 4.74. The van der Waals surface area contributed by atoms with Crippen molar-refractivity contribution in [2.45, 2.75) is 25.3 Å². The number of nitrogens with zero attached hydrogens (tertiary/aromatic N) is 2. The van der Waals surface area contributed by atoms with Crippen molar-refractivity contribution in [3.8, 4) is 5.69 Å². The van der Waals surface area contributed by atoms with Gasteiger partial charge < -0.3 is 11.1 Å². The van der Waals surface area contributed by atoms with Gasteiger partial charge in [0.1, 0.15) is 0 Å². The molecular weight excluding hydrogens is 344 g/mol. The van der Waals surface area contributed by atoms with Crippen LogP contribution in [0.15, 0.2) is 41.1 Å². The average molecular weight is 363 g/mol. The minimum absolute atomic E-state index is 0.0753. The van der Waals surface area contributed by atoms with Gasteiger partial charge in [-0.3, -0.25) is 4.79 Å². The summed E-state index contributed by atoms with van der Waals surface area (Å²) in [5.41, 5.74) is 7.25. The smallest absolute Gasteiger partial charge is 0.254 e. The van der Waals surface area contributed by atoms with Crippen molar-refractivity contribution in [2.75, 3.05) is 6.54 Å². The molecule has 3 N–H and O–H groups in total. The van der Waals surface area contributed by atoms with E-state index in [0.717, 1.165) is 29.4 Å². The van der Waals surface area contributed by atoms with E-state index in [0.29, 0.717) is 18.0 Å². The first kappa shape index (κ1) is 15.2. The van der Waals surface area contributed by atoms with E-state index >= 15 is 0 Å². The van der Waals surface area contributed by atoms with Crippen molar-refractivity contribution in [3.63, 3.8) is 0 Å². The van der Waals surface area contributed by atoms with Crippen LogP contribution in [-0.4, -0.2) is 28.3 Å². The van der Waals surface area contributed by atoms with Crippen LogP contribution in [-0.2, 0) is 0 Å². The fraction of sp³-hybridized carbons (Fsp3) is 0.375. The minimum Gasteiger partial charge on any atom is -0.349 e. The van der Waals surface area contributed by atoms with Crippen molar-refractivity contribution in [3.05, 3.63) is 46.7 Å². The van der Waals surface area contributed by atoms with Gasteiger partial charge in [0.15, 0.2) is 0 Å². The van der Waals surface area contributed by atoms with E-state index < -0.39 is 0 Å². The molecule has 5 nitrogen and oxygen atoms in total. The van der Waals surface area contributed by atoms with Gasteiger partial charge in [-0.15, -0.1) is 0 Å². The molecule has 22 heavy (non-hydrogen) atoms. The van der Waals surface area contributed by atoms with Crippen LogP contribution in [0.2, 0.25) is 0 Å². The zero-order valence-electron chi connectivity index (χ0n) is 12.2. The SMILES string of the molecule is NCC1CCCC1NC(=O)c1cnn(-c2ccc(Br)cc2)c1. The lowest BCUT2D eigenvalue weighted by molar-refractivity contribution is 0.0929. The van der Waals surface area contributed by atoms with E-state index in [9.17, 15) is 4.79 Å². The molecule has 0 aliphatic heterocycles. The lowest BCUT2D eigenvalue weighted by atomic mass is 10.0. The fourth-order valence-electron chi connectivity index (χ4n) is 2.94. The number of aromatic nitrogens is 2. The van der Waals surface area contributed by atoms with Crippen molar-refractivity contribution in [1.82, 2.24) is 15.1 Å². The molecule has 1 aliphatic rings. The molecule has 0 radical (unpaired) electrons. The lowest BCUT2D eigenvalue weighted by Crippen LogP contribution is -2.39. The molecule has 1 heterocycles. The third kappa shape index (κ3) is 3.23. The fourth-order valence-corrected chi connectivity index (χ4v) is 3.20. The summed E-state index contributed by atoms with van der Waals surface area (Å²) in [6, 6.07) is 7.97. The standard InChI is InChI=1S/C16H19BrN4O/c17-13-4-6-14(7-5-13)21-10-12(9-19-21)16(22)20-15-3-1-2-11(15)8-18/h4-7,9-11,15H,1-3,8,18H2,(H,20,22). The number of hydrogen-bond acceptors (Lipinski definition) is 3. The molecule has 2 unspecified atom stereocenters. The van der Waals surface area contributed by atoms with E-state index in [4.69, 9.17) is 5.73 Å². The summed E-state index contributed by atoms with van der Waals surface area (Å²) < 4.78 is 2.71. The Kier molecular flexibility index (Phi) is 4.59. The number of nitrogens with two attached hydrogens (primary N) is 1. The molecular formula is C16H19BrN4O. The first-order valence-electron chi connectivity index (χ1n) is 7.49. The van der Waals surface area contributed by atoms with E-state index in [1.807, 2.05) is 24.3 Å². The topological polar surface area (TPSA) is 72.9 Å². The van der Waals surface area contributed by atoms with Gasteiger partial charge in [-0.1, -0.05) is 22.4 Å². The summed E-state index contributed by atoms with van der Waals surface area (Å²) in [6.45, 7) is 0.628. The second kappa shape index (κ2) is 6.62. The number of nitrogens with one attached hydrogen (secondary N) is 1. The molecule has 1 aliphatic carbocycles. The van der Waals surface area contributed by atoms with Crippen molar-refractivity contribution in [2.24, 2.45) is 11.7 Å². The molecule has 2 atom stereocenters. The molecule has 3 rings (SSSR count). The Bertz CT molecular complexity index is 652. The maximum atomic E-state index is 12.3. The first-order valence-corrected chi connectivity index (χ1v) is 8.28. The summed E-state index contributed by atoms with van der Waals surface area (Å²) in [7, 11) is 0. The number of rotatable bonds is 4. The second-order valence-electron chi connectivity index (χ2n) is 5.66. The highest BCUT2D eigenvalue weighted by atomic mass is 79.9. The van der Waals surface area contributed by atoms with E-state index in [1.165, 1.54) is 0 Å². The molecule has 0 bridgehead atoms. The van der Waals surface area contributed by atoms with E-state index in [1.54, 1.807) is 17.1 Å². The first-order chi connectivity index (χ1) is 10.7. The van der Waals surface area contributed by atoms with Gasteiger partial charge in [-0.2, -0.15) is 5.10 Å². The zero-order chi connectivity index (χ0) is 15.5. The van der Waals surface area contributed by atoms with Gasteiger partial charge in [0.2, 0.25) is 0 Å². The van der Waals surface area contributed by atoms with Crippen LogP contribution in [0, 0.1) is 5.92 Å². The Morgan fingerprint density at radius 3 is 2.86 bits per heavy atom. The number of amides is 1. The number of benzene rings is 1. The Hall–Kier alpha value is -1.66. The van der Waals surface area contributed by atoms with Crippen molar-refractivity contribution in [1.29, 1.82) is 0 Å².